The third kappa shape index (κ3) is 2.74. The largest absolute Gasteiger partial charge is 0.360 e. The molecule has 0 saturated heterocycles. The minimum absolute atomic E-state index is 0.00997. The van der Waals surface area contributed by atoms with Gasteiger partial charge in [-0.1, -0.05) is 42.5 Å². The summed E-state index contributed by atoms with van der Waals surface area (Å²) in [5.41, 5.74) is 4.42. The quantitative estimate of drug-likeness (QED) is 0.574. The van der Waals surface area contributed by atoms with Crippen LogP contribution in [0.2, 0.25) is 0 Å². The molecule has 0 radical (unpaired) electrons. The predicted octanol–water partition coefficient (Wildman–Crippen LogP) is 4.64. The summed E-state index contributed by atoms with van der Waals surface area (Å²) in [6.07, 6.45) is 5.14. The van der Waals surface area contributed by atoms with E-state index < -0.39 is 0 Å². The standard InChI is InChI=1S/C23H18N4O/c28-23-20-8-4-5-9-21(20)25-22(27(23)19-6-2-1-3-7-19)17-10-12-18(13-11-17)26-15-14-24-16-26/h1-16,22,25H/t22-/m1/s1. The number of carbonyl (C=O) groups is 1. The zero-order valence-corrected chi connectivity index (χ0v) is 15.1. The summed E-state index contributed by atoms with van der Waals surface area (Å²) in [6, 6.07) is 25.6. The number of nitrogens with zero attached hydrogens (tertiary/aromatic N) is 3. The van der Waals surface area contributed by atoms with Crippen molar-refractivity contribution in [3.8, 4) is 5.69 Å². The van der Waals surface area contributed by atoms with E-state index >= 15 is 0 Å². The molecule has 1 N–H and O–H groups in total. The fourth-order valence-corrected chi connectivity index (χ4v) is 3.58. The first-order valence-corrected chi connectivity index (χ1v) is 9.14. The van der Waals surface area contributed by atoms with Gasteiger partial charge in [-0.25, -0.2) is 4.98 Å². The van der Waals surface area contributed by atoms with Crippen LogP contribution in [-0.4, -0.2) is 15.5 Å². The smallest absolute Gasteiger partial charge is 0.262 e. The van der Waals surface area contributed by atoms with Crippen molar-refractivity contribution < 1.29 is 4.79 Å². The monoisotopic (exact) mass is 366 g/mol. The molecule has 0 aliphatic carbocycles. The minimum Gasteiger partial charge on any atom is -0.360 e. The summed E-state index contributed by atoms with van der Waals surface area (Å²) in [7, 11) is 0. The first-order chi connectivity index (χ1) is 13.8. The molecule has 1 atom stereocenters. The third-order valence-corrected chi connectivity index (χ3v) is 4.97. The Morgan fingerprint density at radius 1 is 0.821 bits per heavy atom. The molecule has 0 fully saturated rings. The van der Waals surface area contributed by atoms with Crippen LogP contribution in [0.3, 0.4) is 0 Å². The number of imidazole rings is 1. The maximum atomic E-state index is 13.3. The van der Waals surface area contributed by atoms with Crippen LogP contribution in [0.25, 0.3) is 5.69 Å². The molecule has 4 aromatic rings. The van der Waals surface area contributed by atoms with E-state index in [2.05, 4.69) is 10.3 Å². The Bertz CT molecular complexity index is 1110. The zero-order valence-electron chi connectivity index (χ0n) is 15.1. The Morgan fingerprint density at radius 2 is 1.57 bits per heavy atom. The lowest BCUT2D eigenvalue weighted by Crippen LogP contribution is -2.43. The highest BCUT2D eigenvalue weighted by atomic mass is 16.2. The van der Waals surface area contributed by atoms with Crippen molar-refractivity contribution in [2.75, 3.05) is 10.2 Å². The molecule has 0 bridgehead atoms. The summed E-state index contributed by atoms with van der Waals surface area (Å²) in [5.74, 6) is -0.00997. The van der Waals surface area contributed by atoms with Gasteiger partial charge in [0, 0.05) is 29.5 Å². The zero-order chi connectivity index (χ0) is 18.9. The molecule has 0 spiro atoms. The second kappa shape index (κ2) is 6.70. The van der Waals surface area contributed by atoms with E-state index in [1.54, 1.807) is 12.5 Å². The Kier molecular flexibility index (Phi) is 3.91. The van der Waals surface area contributed by atoms with E-state index in [0.29, 0.717) is 5.56 Å². The van der Waals surface area contributed by atoms with E-state index in [-0.39, 0.29) is 12.1 Å². The molecule has 136 valence electrons. The van der Waals surface area contributed by atoms with E-state index in [9.17, 15) is 4.79 Å². The predicted molar refractivity (Wildman–Crippen MR) is 110 cm³/mol. The van der Waals surface area contributed by atoms with E-state index in [0.717, 1.165) is 22.6 Å². The number of amides is 1. The average molecular weight is 366 g/mol. The van der Waals surface area contributed by atoms with Gasteiger partial charge >= 0.3 is 0 Å². The second-order valence-corrected chi connectivity index (χ2v) is 6.66. The van der Waals surface area contributed by atoms with Gasteiger partial charge in [0.2, 0.25) is 0 Å². The molecule has 1 aliphatic rings. The summed E-state index contributed by atoms with van der Waals surface area (Å²) >= 11 is 0. The normalized spacial score (nSPS) is 15.8. The van der Waals surface area contributed by atoms with E-state index in [1.165, 1.54) is 0 Å². The van der Waals surface area contributed by atoms with Crippen LogP contribution in [0, 0.1) is 0 Å². The van der Waals surface area contributed by atoms with E-state index in [4.69, 9.17) is 0 Å². The Labute approximate surface area is 162 Å². The fourth-order valence-electron chi connectivity index (χ4n) is 3.58. The molecule has 1 amide bonds. The highest BCUT2D eigenvalue weighted by Crippen LogP contribution is 2.36. The van der Waals surface area contributed by atoms with Gasteiger partial charge in [-0.3, -0.25) is 9.69 Å². The minimum atomic E-state index is -0.290. The summed E-state index contributed by atoms with van der Waals surface area (Å²) in [4.78, 5) is 19.2. The number of aromatic nitrogens is 2. The van der Waals surface area contributed by atoms with Crippen LogP contribution < -0.4 is 10.2 Å². The number of nitrogens with one attached hydrogen (secondary N) is 1. The number of rotatable bonds is 3. The van der Waals surface area contributed by atoms with Crippen LogP contribution in [-0.2, 0) is 0 Å². The molecule has 0 saturated carbocycles. The number of para-hydroxylation sites is 2. The Morgan fingerprint density at radius 3 is 2.32 bits per heavy atom. The second-order valence-electron chi connectivity index (χ2n) is 6.66. The van der Waals surface area contributed by atoms with Crippen molar-refractivity contribution in [3.05, 3.63) is 109 Å². The summed E-state index contributed by atoms with van der Waals surface area (Å²) < 4.78 is 1.95. The highest BCUT2D eigenvalue weighted by Gasteiger charge is 2.33. The van der Waals surface area contributed by atoms with Gasteiger partial charge in [-0.15, -0.1) is 0 Å². The first-order valence-electron chi connectivity index (χ1n) is 9.14. The first kappa shape index (κ1) is 16.3. The molecule has 3 aromatic carbocycles. The molecular formula is C23H18N4O. The number of hydrogen-bond acceptors (Lipinski definition) is 3. The topological polar surface area (TPSA) is 50.2 Å². The molecule has 28 heavy (non-hydrogen) atoms. The Balaban J connectivity index is 1.58. The van der Waals surface area contributed by atoms with Crippen molar-refractivity contribution >= 4 is 17.3 Å². The van der Waals surface area contributed by atoms with Gasteiger partial charge in [0.25, 0.3) is 5.91 Å². The van der Waals surface area contributed by atoms with Gasteiger partial charge in [-0.2, -0.15) is 0 Å². The van der Waals surface area contributed by atoms with E-state index in [1.807, 2.05) is 94.5 Å². The molecule has 5 rings (SSSR count). The highest BCUT2D eigenvalue weighted by molar-refractivity contribution is 6.12. The molecule has 1 aromatic heterocycles. The molecule has 1 aliphatic heterocycles. The van der Waals surface area contributed by atoms with Gasteiger partial charge in [0.15, 0.2) is 0 Å². The molecular weight excluding hydrogens is 348 g/mol. The fraction of sp³-hybridized carbons (Fsp3) is 0.0435. The van der Waals surface area contributed by atoms with Crippen LogP contribution in [0.15, 0.2) is 97.6 Å². The van der Waals surface area contributed by atoms with Gasteiger partial charge in [-0.05, 0) is 42.0 Å². The SMILES string of the molecule is O=C1c2ccccc2N[C@@H](c2ccc(-n3ccnc3)cc2)N1c1ccccc1. The van der Waals surface area contributed by atoms with Gasteiger partial charge in [0.05, 0.1) is 11.9 Å². The molecule has 0 unspecified atom stereocenters. The lowest BCUT2D eigenvalue weighted by Gasteiger charge is -2.38. The molecule has 5 heteroatoms. The number of anilines is 2. The number of fused-ring (bicyclic) bond motifs is 1. The maximum Gasteiger partial charge on any atom is 0.262 e. The molecule has 2 heterocycles. The Hall–Kier alpha value is -3.86. The maximum absolute atomic E-state index is 13.3. The number of hydrogen-bond donors (Lipinski definition) is 1. The van der Waals surface area contributed by atoms with Crippen molar-refractivity contribution in [1.29, 1.82) is 0 Å². The number of benzene rings is 3. The summed E-state index contributed by atoms with van der Waals surface area (Å²) in [6.45, 7) is 0. The van der Waals surface area contributed by atoms with Gasteiger partial charge in [0.1, 0.15) is 6.17 Å². The average Bonchev–Trinajstić information content (AvgIpc) is 3.29. The lowest BCUT2D eigenvalue weighted by atomic mass is 10.0. The lowest BCUT2D eigenvalue weighted by molar-refractivity contribution is 0.0975. The van der Waals surface area contributed by atoms with Crippen molar-refractivity contribution in [1.82, 2.24) is 9.55 Å². The van der Waals surface area contributed by atoms with Crippen LogP contribution >= 0.6 is 0 Å². The van der Waals surface area contributed by atoms with Crippen LogP contribution in [0.4, 0.5) is 11.4 Å². The molecule has 5 nitrogen and oxygen atoms in total. The van der Waals surface area contributed by atoms with Crippen molar-refractivity contribution in [2.45, 2.75) is 6.17 Å². The van der Waals surface area contributed by atoms with Crippen molar-refractivity contribution in [2.24, 2.45) is 0 Å². The van der Waals surface area contributed by atoms with Crippen molar-refractivity contribution in [3.63, 3.8) is 0 Å². The van der Waals surface area contributed by atoms with Crippen LogP contribution in [0.1, 0.15) is 22.1 Å². The number of carbonyl (C=O) groups excluding carboxylic acids is 1. The van der Waals surface area contributed by atoms with Gasteiger partial charge < -0.3 is 9.88 Å². The summed E-state index contributed by atoms with van der Waals surface area (Å²) in [5, 5.41) is 3.53. The van der Waals surface area contributed by atoms with Crippen LogP contribution in [0.5, 0.6) is 0 Å². The third-order valence-electron chi connectivity index (χ3n) is 4.97.